The molecule has 5 nitrogen and oxygen atoms in total. The molecule has 1 atom stereocenters. The molecule has 1 aromatic heterocycles. The van der Waals surface area contributed by atoms with Gasteiger partial charge in [0.25, 0.3) is 5.91 Å². The first-order valence-electron chi connectivity index (χ1n) is 14.2. The summed E-state index contributed by atoms with van der Waals surface area (Å²) in [5.41, 5.74) is 6.80. The maximum atomic E-state index is 13.2. The first-order valence-corrected chi connectivity index (χ1v) is 14.2. The summed E-state index contributed by atoms with van der Waals surface area (Å²) in [7, 11) is 1.55. The van der Waals surface area contributed by atoms with Gasteiger partial charge in [-0.25, -0.2) is 4.79 Å². The van der Waals surface area contributed by atoms with E-state index >= 15 is 0 Å². The number of fused-ring (bicyclic) bond motifs is 1. The van der Waals surface area contributed by atoms with Crippen molar-refractivity contribution in [2.75, 3.05) is 7.05 Å². The molecular formula is C36H35NO4. The number of hydrogen-bond donors (Lipinski definition) is 1. The number of para-hydroxylation sites is 1. The average Bonchev–Trinajstić information content (AvgIpc) is 3.36. The van der Waals surface area contributed by atoms with Crippen LogP contribution < -0.4 is 0 Å². The van der Waals surface area contributed by atoms with Crippen LogP contribution >= 0.6 is 0 Å². The molecule has 208 valence electrons. The molecule has 0 saturated carbocycles. The maximum Gasteiger partial charge on any atom is 0.326 e. The lowest BCUT2D eigenvalue weighted by atomic mass is 9.97. The zero-order valence-electron chi connectivity index (χ0n) is 23.5. The number of carbonyl (C=O) groups is 2. The number of hydrogen-bond acceptors (Lipinski definition) is 3. The number of aliphatic carboxylic acids is 1. The van der Waals surface area contributed by atoms with Crippen LogP contribution in [0, 0.1) is 0 Å². The molecule has 0 saturated heterocycles. The predicted molar refractivity (Wildman–Crippen MR) is 163 cm³/mol. The molecule has 1 heterocycles. The number of rotatable bonds is 11. The van der Waals surface area contributed by atoms with Gasteiger partial charge in [-0.05, 0) is 46.9 Å². The van der Waals surface area contributed by atoms with Crippen molar-refractivity contribution < 1.29 is 19.1 Å². The Bertz CT molecular complexity index is 1620. The summed E-state index contributed by atoms with van der Waals surface area (Å²) < 4.78 is 6.21. The lowest BCUT2D eigenvalue weighted by Gasteiger charge is -2.25. The Morgan fingerprint density at radius 2 is 1.44 bits per heavy atom. The Kier molecular flexibility index (Phi) is 8.64. The molecule has 41 heavy (non-hydrogen) atoms. The molecule has 5 rings (SSSR count). The monoisotopic (exact) mass is 545 g/mol. The van der Waals surface area contributed by atoms with Crippen LogP contribution in [0.25, 0.3) is 22.1 Å². The molecule has 5 heteroatoms. The minimum absolute atomic E-state index is 0.248. The highest BCUT2D eigenvalue weighted by Gasteiger charge is 2.27. The molecule has 0 aliphatic heterocycles. The Balaban J connectivity index is 1.29. The van der Waals surface area contributed by atoms with E-state index in [4.69, 9.17) is 4.42 Å². The molecule has 5 aromatic rings. The fourth-order valence-corrected chi connectivity index (χ4v) is 5.28. The fraction of sp³-hybridized carbons (Fsp3) is 0.222. The predicted octanol–water partition coefficient (Wildman–Crippen LogP) is 7.80. The number of amides is 1. The molecule has 0 fully saturated rings. The highest BCUT2D eigenvalue weighted by molar-refractivity contribution is 5.97. The Morgan fingerprint density at radius 1 is 0.805 bits per heavy atom. The largest absolute Gasteiger partial charge is 0.480 e. The number of nitrogens with zero attached hydrogens (tertiary/aromatic N) is 1. The molecule has 0 aliphatic rings. The van der Waals surface area contributed by atoms with Gasteiger partial charge in [0.05, 0.1) is 0 Å². The minimum Gasteiger partial charge on any atom is -0.480 e. The smallest absolute Gasteiger partial charge is 0.326 e. The zero-order chi connectivity index (χ0) is 28.8. The average molecular weight is 546 g/mol. The second-order valence-corrected chi connectivity index (χ2v) is 10.5. The number of benzene rings is 4. The summed E-state index contributed by atoms with van der Waals surface area (Å²) >= 11 is 0. The first-order chi connectivity index (χ1) is 19.9. The molecular weight excluding hydrogens is 510 g/mol. The number of furan rings is 1. The Labute approximate surface area is 241 Å². The van der Waals surface area contributed by atoms with Crippen LogP contribution in [-0.4, -0.2) is 35.0 Å². The third kappa shape index (κ3) is 6.41. The van der Waals surface area contributed by atoms with Gasteiger partial charge in [0, 0.05) is 42.8 Å². The van der Waals surface area contributed by atoms with Gasteiger partial charge < -0.3 is 14.4 Å². The zero-order valence-corrected chi connectivity index (χ0v) is 23.5. The summed E-state index contributed by atoms with van der Waals surface area (Å²) in [5, 5.41) is 11.0. The van der Waals surface area contributed by atoms with Crippen LogP contribution in [0.4, 0.5) is 0 Å². The Morgan fingerprint density at radius 3 is 2.10 bits per heavy atom. The van der Waals surface area contributed by atoms with E-state index in [-0.39, 0.29) is 12.3 Å². The SMILES string of the molecule is CCCCc1oc2ccccc2c1Cc1ccc(-c2ccc(C(=O)N(C)C(Cc3ccccc3)C(=O)O)cc2)cc1. The maximum absolute atomic E-state index is 13.2. The van der Waals surface area contributed by atoms with E-state index in [9.17, 15) is 14.7 Å². The van der Waals surface area contributed by atoms with E-state index in [0.717, 1.165) is 53.7 Å². The van der Waals surface area contributed by atoms with E-state index < -0.39 is 12.0 Å². The molecule has 0 aliphatic carbocycles. The molecule has 0 bridgehead atoms. The summed E-state index contributed by atoms with van der Waals surface area (Å²) in [6.45, 7) is 2.20. The fourth-order valence-electron chi connectivity index (χ4n) is 5.28. The van der Waals surface area contributed by atoms with Crippen LogP contribution in [0.5, 0.6) is 0 Å². The third-order valence-electron chi connectivity index (χ3n) is 7.68. The number of unbranched alkanes of at least 4 members (excludes halogenated alkanes) is 1. The number of carboxylic acids is 1. The van der Waals surface area contributed by atoms with Crippen molar-refractivity contribution in [3.8, 4) is 11.1 Å². The molecule has 4 aromatic carbocycles. The van der Waals surface area contributed by atoms with Crippen LogP contribution in [0.2, 0.25) is 0 Å². The van der Waals surface area contributed by atoms with Crippen LogP contribution in [-0.2, 0) is 24.1 Å². The summed E-state index contributed by atoms with van der Waals surface area (Å²) in [6, 6.07) is 32.5. The molecule has 1 N–H and O–H groups in total. The van der Waals surface area contributed by atoms with Gasteiger partial charge in [0.2, 0.25) is 0 Å². The lowest BCUT2D eigenvalue weighted by Crippen LogP contribution is -2.43. The van der Waals surface area contributed by atoms with Gasteiger partial charge in [-0.1, -0.05) is 98.3 Å². The summed E-state index contributed by atoms with van der Waals surface area (Å²) in [5.74, 6) is -0.264. The number of likely N-dealkylation sites (N-methyl/N-ethyl adjacent to an activating group) is 1. The van der Waals surface area contributed by atoms with E-state index in [1.165, 1.54) is 21.4 Å². The van der Waals surface area contributed by atoms with Gasteiger partial charge >= 0.3 is 5.97 Å². The van der Waals surface area contributed by atoms with E-state index in [2.05, 4.69) is 43.3 Å². The summed E-state index contributed by atoms with van der Waals surface area (Å²) in [4.78, 5) is 26.5. The lowest BCUT2D eigenvalue weighted by molar-refractivity contribution is -0.141. The van der Waals surface area contributed by atoms with Crippen molar-refractivity contribution in [2.45, 2.75) is 45.1 Å². The summed E-state index contributed by atoms with van der Waals surface area (Å²) in [6.07, 6.45) is 4.23. The van der Waals surface area contributed by atoms with E-state index in [0.29, 0.717) is 5.56 Å². The van der Waals surface area contributed by atoms with Crippen LogP contribution in [0.15, 0.2) is 108 Å². The van der Waals surface area contributed by atoms with Crippen molar-refractivity contribution in [1.29, 1.82) is 0 Å². The van der Waals surface area contributed by atoms with Crippen molar-refractivity contribution in [3.05, 3.63) is 131 Å². The van der Waals surface area contributed by atoms with Gasteiger partial charge in [-0.15, -0.1) is 0 Å². The standard InChI is InChI=1S/C36H35NO4/c1-3-4-13-34-31(30-12-8-9-14-33(30)41-34)23-26-15-17-27(18-16-26)28-19-21-29(22-20-28)35(38)37(2)32(36(39)40)24-25-10-6-5-7-11-25/h5-12,14-22,32H,3-4,13,23-24H2,1-2H3,(H,39,40). The van der Waals surface area contributed by atoms with Crippen LogP contribution in [0.3, 0.4) is 0 Å². The van der Waals surface area contributed by atoms with Crippen molar-refractivity contribution >= 4 is 22.8 Å². The topological polar surface area (TPSA) is 70.8 Å². The second kappa shape index (κ2) is 12.7. The van der Waals surface area contributed by atoms with E-state index in [1.807, 2.05) is 54.6 Å². The van der Waals surface area contributed by atoms with Crippen molar-refractivity contribution in [1.82, 2.24) is 4.90 Å². The number of carbonyl (C=O) groups excluding carboxylic acids is 1. The molecule has 0 spiro atoms. The normalized spacial score (nSPS) is 11.9. The third-order valence-corrected chi connectivity index (χ3v) is 7.68. The molecule has 0 radical (unpaired) electrons. The second-order valence-electron chi connectivity index (χ2n) is 10.5. The number of aryl methyl sites for hydroxylation is 1. The minimum atomic E-state index is -1.03. The number of carboxylic acid groups (broad SMARTS) is 1. The highest BCUT2D eigenvalue weighted by Crippen LogP contribution is 2.30. The van der Waals surface area contributed by atoms with E-state index in [1.54, 1.807) is 19.2 Å². The highest BCUT2D eigenvalue weighted by atomic mass is 16.4. The van der Waals surface area contributed by atoms with Gasteiger partial charge in [0.15, 0.2) is 0 Å². The Hall–Kier alpha value is -4.64. The van der Waals surface area contributed by atoms with Gasteiger partial charge in [-0.3, -0.25) is 4.79 Å². The molecule has 1 unspecified atom stereocenters. The quantitative estimate of drug-likeness (QED) is 0.184. The van der Waals surface area contributed by atoms with Gasteiger partial charge in [-0.2, -0.15) is 0 Å². The van der Waals surface area contributed by atoms with Crippen LogP contribution in [0.1, 0.15) is 52.6 Å². The van der Waals surface area contributed by atoms with Crippen molar-refractivity contribution in [2.24, 2.45) is 0 Å². The van der Waals surface area contributed by atoms with Gasteiger partial charge in [0.1, 0.15) is 17.4 Å². The van der Waals surface area contributed by atoms with Crippen molar-refractivity contribution in [3.63, 3.8) is 0 Å². The molecule has 1 amide bonds. The first kappa shape index (κ1) is 27.9.